The molecule has 0 saturated carbocycles. The lowest BCUT2D eigenvalue weighted by Gasteiger charge is -2.11. The zero-order chi connectivity index (χ0) is 16.5. The number of rotatable bonds is 7. The van der Waals surface area contributed by atoms with E-state index < -0.39 is 0 Å². The molecule has 0 atom stereocenters. The first-order valence-corrected chi connectivity index (χ1v) is 8.59. The summed E-state index contributed by atoms with van der Waals surface area (Å²) in [5.74, 6) is 1.44. The third-order valence-corrected chi connectivity index (χ3v) is 4.13. The molecule has 0 aliphatic heterocycles. The first kappa shape index (κ1) is 17.1. The number of benzene rings is 2. The summed E-state index contributed by atoms with van der Waals surface area (Å²) in [5.41, 5.74) is 2.50. The SMILES string of the molecule is CC(=O)Nc1ccccc1NC(=O)CCSCc1ccccc1. The summed E-state index contributed by atoms with van der Waals surface area (Å²) in [6.45, 7) is 1.44. The normalized spacial score (nSPS) is 10.1. The fourth-order valence-corrected chi connectivity index (χ4v) is 2.93. The molecule has 0 aliphatic carbocycles. The molecule has 2 N–H and O–H groups in total. The van der Waals surface area contributed by atoms with Gasteiger partial charge in [-0.15, -0.1) is 0 Å². The molecule has 0 spiro atoms. The van der Waals surface area contributed by atoms with Crippen LogP contribution >= 0.6 is 11.8 Å². The highest BCUT2D eigenvalue weighted by Gasteiger charge is 2.07. The van der Waals surface area contributed by atoms with Crippen LogP contribution in [0.3, 0.4) is 0 Å². The van der Waals surface area contributed by atoms with Gasteiger partial charge in [-0.3, -0.25) is 9.59 Å². The molecule has 2 amide bonds. The molecular formula is C18H20N2O2S. The first-order valence-electron chi connectivity index (χ1n) is 7.43. The van der Waals surface area contributed by atoms with E-state index >= 15 is 0 Å². The van der Waals surface area contributed by atoms with Crippen molar-refractivity contribution in [2.45, 2.75) is 19.1 Å². The standard InChI is InChI=1S/C18H20N2O2S/c1-14(21)19-16-9-5-6-10-17(16)20-18(22)11-12-23-13-15-7-3-2-4-8-15/h2-10H,11-13H2,1H3,(H,19,21)(H,20,22). The Morgan fingerprint density at radius 1 is 0.913 bits per heavy atom. The largest absolute Gasteiger partial charge is 0.325 e. The van der Waals surface area contributed by atoms with Crippen LogP contribution in [0.2, 0.25) is 0 Å². The molecule has 2 aromatic rings. The molecule has 0 heterocycles. The molecule has 0 radical (unpaired) electrons. The van der Waals surface area contributed by atoms with Gasteiger partial charge in [-0.25, -0.2) is 0 Å². The number of amides is 2. The maximum atomic E-state index is 12.0. The Hall–Kier alpha value is -2.27. The zero-order valence-electron chi connectivity index (χ0n) is 13.0. The van der Waals surface area contributed by atoms with Gasteiger partial charge in [0.1, 0.15) is 0 Å². The molecule has 120 valence electrons. The van der Waals surface area contributed by atoms with Gasteiger partial charge in [-0.2, -0.15) is 11.8 Å². The lowest BCUT2D eigenvalue weighted by Crippen LogP contribution is -2.15. The van der Waals surface area contributed by atoms with E-state index in [1.165, 1.54) is 12.5 Å². The Kier molecular flexibility index (Phi) is 6.69. The molecule has 2 rings (SSSR count). The van der Waals surface area contributed by atoms with Gasteiger partial charge in [-0.05, 0) is 17.7 Å². The molecule has 0 fully saturated rings. The van der Waals surface area contributed by atoms with E-state index in [1.807, 2.05) is 30.3 Å². The van der Waals surface area contributed by atoms with Gasteiger partial charge in [-0.1, -0.05) is 42.5 Å². The van der Waals surface area contributed by atoms with Crippen LogP contribution in [0.1, 0.15) is 18.9 Å². The Balaban J connectivity index is 1.78. The van der Waals surface area contributed by atoms with Crippen molar-refractivity contribution in [3.05, 3.63) is 60.2 Å². The maximum absolute atomic E-state index is 12.0. The third kappa shape index (κ3) is 6.16. The first-order chi connectivity index (χ1) is 11.1. The molecular weight excluding hydrogens is 308 g/mol. The quantitative estimate of drug-likeness (QED) is 0.758. The molecule has 0 unspecified atom stereocenters. The molecule has 0 saturated heterocycles. The lowest BCUT2D eigenvalue weighted by atomic mass is 10.2. The number of para-hydroxylation sites is 2. The van der Waals surface area contributed by atoms with Crippen molar-refractivity contribution in [1.82, 2.24) is 0 Å². The van der Waals surface area contributed by atoms with Crippen LogP contribution in [0, 0.1) is 0 Å². The number of anilines is 2. The van der Waals surface area contributed by atoms with Crippen molar-refractivity contribution < 1.29 is 9.59 Å². The van der Waals surface area contributed by atoms with Crippen LogP contribution in [0.25, 0.3) is 0 Å². The second-order valence-electron chi connectivity index (χ2n) is 5.06. The molecule has 0 aromatic heterocycles. The van der Waals surface area contributed by atoms with Crippen molar-refractivity contribution in [3.8, 4) is 0 Å². The van der Waals surface area contributed by atoms with Gasteiger partial charge in [0, 0.05) is 24.9 Å². The lowest BCUT2D eigenvalue weighted by molar-refractivity contribution is -0.116. The number of thioether (sulfide) groups is 1. The van der Waals surface area contributed by atoms with Crippen LogP contribution in [0.4, 0.5) is 11.4 Å². The van der Waals surface area contributed by atoms with Crippen molar-refractivity contribution >= 4 is 35.0 Å². The molecule has 5 heteroatoms. The van der Waals surface area contributed by atoms with Gasteiger partial charge < -0.3 is 10.6 Å². The fraction of sp³-hybridized carbons (Fsp3) is 0.222. The summed E-state index contributed by atoms with van der Waals surface area (Å²) in [6.07, 6.45) is 0.436. The summed E-state index contributed by atoms with van der Waals surface area (Å²) in [5, 5.41) is 5.56. The summed E-state index contributed by atoms with van der Waals surface area (Å²) in [6, 6.07) is 17.4. The summed E-state index contributed by atoms with van der Waals surface area (Å²) in [4.78, 5) is 23.2. The average Bonchev–Trinajstić information content (AvgIpc) is 2.54. The number of hydrogen-bond acceptors (Lipinski definition) is 3. The van der Waals surface area contributed by atoms with Crippen molar-refractivity contribution in [2.75, 3.05) is 16.4 Å². The number of carbonyl (C=O) groups is 2. The van der Waals surface area contributed by atoms with Crippen LogP contribution in [0.15, 0.2) is 54.6 Å². The van der Waals surface area contributed by atoms with Crippen molar-refractivity contribution in [1.29, 1.82) is 0 Å². The van der Waals surface area contributed by atoms with Crippen LogP contribution < -0.4 is 10.6 Å². The molecule has 23 heavy (non-hydrogen) atoms. The van der Waals surface area contributed by atoms with Gasteiger partial charge in [0.2, 0.25) is 11.8 Å². The molecule has 0 aliphatic rings. The van der Waals surface area contributed by atoms with Gasteiger partial charge in [0.25, 0.3) is 0 Å². The van der Waals surface area contributed by atoms with E-state index in [4.69, 9.17) is 0 Å². The monoisotopic (exact) mass is 328 g/mol. The minimum absolute atomic E-state index is 0.0524. The summed E-state index contributed by atoms with van der Waals surface area (Å²) < 4.78 is 0. The Morgan fingerprint density at radius 3 is 2.17 bits per heavy atom. The summed E-state index contributed by atoms with van der Waals surface area (Å²) in [7, 11) is 0. The number of nitrogens with one attached hydrogen (secondary N) is 2. The number of hydrogen-bond donors (Lipinski definition) is 2. The Morgan fingerprint density at radius 2 is 1.52 bits per heavy atom. The summed E-state index contributed by atoms with van der Waals surface area (Å²) >= 11 is 1.73. The van der Waals surface area contributed by atoms with Crippen molar-refractivity contribution in [3.63, 3.8) is 0 Å². The van der Waals surface area contributed by atoms with E-state index in [0.29, 0.717) is 17.8 Å². The highest BCUT2D eigenvalue weighted by molar-refractivity contribution is 7.98. The minimum Gasteiger partial charge on any atom is -0.325 e. The number of carbonyl (C=O) groups excluding carboxylic acids is 2. The minimum atomic E-state index is -0.162. The van der Waals surface area contributed by atoms with Crippen LogP contribution in [0.5, 0.6) is 0 Å². The highest BCUT2D eigenvalue weighted by atomic mass is 32.2. The predicted molar refractivity (Wildman–Crippen MR) is 96.6 cm³/mol. The van der Waals surface area contributed by atoms with E-state index in [1.54, 1.807) is 23.9 Å². The zero-order valence-corrected chi connectivity index (χ0v) is 13.9. The van der Waals surface area contributed by atoms with E-state index in [9.17, 15) is 9.59 Å². The fourth-order valence-electron chi connectivity index (χ4n) is 2.03. The molecule has 2 aromatic carbocycles. The Bertz CT molecular complexity index is 659. The maximum Gasteiger partial charge on any atom is 0.225 e. The average molecular weight is 328 g/mol. The van der Waals surface area contributed by atoms with Crippen LogP contribution in [-0.2, 0) is 15.3 Å². The molecule has 0 bridgehead atoms. The smallest absolute Gasteiger partial charge is 0.225 e. The van der Waals surface area contributed by atoms with Gasteiger partial charge in [0.05, 0.1) is 11.4 Å². The predicted octanol–water partition coefficient (Wildman–Crippen LogP) is 3.91. The van der Waals surface area contributed by atoms with Gasteiger partial charge >= 0.3 is 0 Å². The second kappa shape index (κ2) is 9.00. The van der Waals surface area contributed by atoms with Gasteiger partial charge in [0.15, 0.2) is 0 Å². The molecule has 4 nitrogen and oxygen atoms in total. The topological polar surface area (TPSA) is 58.2 Å². The Labute approximate surface area is 140 Å². The highest BCUT2D eigenvalue weighted by Crippen LogP contribution is 2.21. The van der Waals surface area contributed by atoms with Crippen molar-refractivity contribution in [2.24, 2.45) is 0 Å². The van der Waals surface area contributed by atoms with E-state index in [2.05, 4.69) is 22.8 Å². The van der Waals surface area contributed by atoms with E-state index in [-0.39, 0.29) is 11.8 Å². The third-order valence-electron chi connectivity index (χ3n) is 3.10. The van der Waals surface area contributed by atoms with E-state index in [0.717, 1.165) is 11.5 Å². The second-order valence-corrected chi connectivity index (χ2v) is 6.17. The van der Waals surface area contributed by atoms with Crippen LogP contribution in [-0.4, -0.2) is 17.6 Å².